The fourth-order valence-electron chi connectivity index (χ4n) is 3.12. The molecule has 2 aromatic heterocycles. The monoisotopic (exact) mass is 290 g/mol. The number of nitrogen functional groups attached to an aromatic ring is 1. The van der Waals surface area contributed by atoms with Crippen molar-refractivity contribution in [2.24, 2.45) is 11.8 Å². The Kier molecular flexibility index (Phi) is 3.89. The van der Waals surface area contributed by atoms with Crippen LogP contribution in [0.25, 0.3) is 10.2 Å². The molecule has 0 spiro atoms. The maximum atomic E-state index is 5.66. The second kappa shape index (κ2) is 5.66. The van der Waals surface area contributed by atoms with Gasteiger partial charge in [0.1, 0.15) is 10.7 Å². The smallest absolute Gasteiger partial charge is 0.152 e. The van der Waals surface area contributed by atoms with Gasteiger partial charge >= 0.3 is 0 Å². The molecule has 0 radical (unpaired) electrons. The van der Waals surface area contributed by atoms with Crippen LogP contribution in [0.4, 0.5) is 5.82 Å². The van der Waals surface area contributed by atoms with Crippen molar-refractivity contribution in [1.82, 2.24) is 9.97 Å². The molecule has 2 aromatic rings. The van der Waals surface area contributed by atoms with E-state index in [-0.39, 0.29) is 0 Å². The molecule has 1 saturated carbocycles. The van der Waals surface area contributed by atoms with Gasteiger partial charge in [-0.3, -0.25) is 0 Å². The largest absolute Gasteiger partial charge is 0.308 e. The van der Waals surface area contributed by atoms with Crippen LogP contribution in [0.5, 0.6) is 0 Å². The minimum atomic E-state index is 0.488. The molecule has 0 saturated heterocycles. The van der Waals surface area contributed by atoms with Crippen LogP contribution < -0.4 is 11.3 Å². The number of nitrogens with zero attached hydrogens (tertiary/aromatic N) is 2. The lowest BCUT2D eigenvalue weighted by atomic mass is 9.82. The summed E-state index contributed by atoms with van der Waals surface area (Å²) in [6.07, 6.45) is 6.04. The van der Waals surface area contributed by atoms with Crippen molar-refractivity contribution in [2.75, 3.05) is 5.43 Å². The van der Waals surface area contributed by atoms with Gasteiger partial charge in [0, 0.05) is 10.8 Å². The quantitative estimate of drug-likeness (QED) is 0.666. The van der Waals surface area contributed by atoms with Gasteiger partial charge in [-0.1, -0.05) is 26.7 Å². The van der Waals surface area contributed by atoms with Gasteiger partial charge in [-0.25, -0.2) is 15.8 Å². The van der Waals surface area contributed by atoms with Gasteiger partial charge in [0.25, 0.3) is 0 Å². The second-order valence-corrected chi connectivity index (χ2v) is 6.94. The first kappa shape index (κ1) is 13.8. The zero-order valence-corrected chi connectivity index (χ0v) is 13.0. The number of hydrogen-bond acceptors (Lipinski definition) is 5. The van der Waals surface area contributed by atoms with Gasteiger partial charge in [-0.15, -0.1) is 11.3 Å². The van der Waals surface area contributed by atoms with Crippen molar-refractivity contribution in [1.29, 1.82) is 0 Å². The number of rotatable bonds is 3. The van der Waals surface area contributed by atoms with Crippen LogP contribution in [0, 0.1) is 5.92 Å². The summed E-state index contributed by atoms with van der Waals surface area (Å²) < 4.78 is 0. The van der Waals surface area contributed by atoms with Crippen LogP contribution >= 0.6 is 11.3 Å². The van der Waals surface area contributed by atoms with Crippen LogP contribution in [0.15, 0.2) is 6.07 Å². The second-order valence-electron chi connectivity index (χ2n) is 5.83. The van der Waals surface area contributed by atoms with Crippen molar-refractivity contribution in [3.63, 3.8) is 0 Å². The fourth-order valence-corrected chi connectivity index (χ4v) is 4.10. The van der Waals surface area contributed by atoms with E-state index < -0.39 is 0 Å². The molecule has 0 amide bonds. The summed E-state index contributed by atoms with van der Waals surface area (Å²) in [5, 5.41) is 1.06. The lowest BCUT2D eigenvalue weighted by Crippen LogP contribution is -2.16. The molecular formula is C15H22N4S. The number of hydrogen-bond donors (Lipinski definition) is 2. The SMILES string of the molecule is CCc1cc2c(NN)nc(C3CCCC(C)C3)nc2s1. The number of anilines is 1. The first-order valence-electron chi connectivity index (χ1n) is 7.48. The molecule has 2 unspecified atom stereocenters. The highest BCUT2D eigenvalue weighted by molar-refractivity contribution is 7.18. The fraction of sp³-hybridized carbons (Fsp3) is 0.600. The van der Waals surface area contributed by atoms with Gasteiger partial charge in [0.05, 0.1) is 5.39 Å². The molecule has 2 heterocycles. The molecule has 3 rings (SSSR count). The standard InChI is InChI=1S/C15H22N4S/c1-3-11-8-12-14(19-16)17-13(18-15(12)20-11)10-6-4-5-9(2)7-10/h8-10H,3-7,16H2,1-2H3,(H,17,18,19). The van der Waals surface area contributed by atoms with E-state index in [1.165, 1.54) is 30.6 Å². The lowest BCUT2D eigenvalue weighted by Gasteiger charge is -2.25. The molecule has 2 atom stereocenters. The van der Waals surface area contributed by atoms with Gasteiger partial charge in [0.15, 0.2) is 5.82 Å². The van der Waals surface area contributed by atoms with Crippen molar-refractivity contribution in [3.05, 3.63) is 16.8 Å². The van der Waals surface area contributed by atoms with E-state index in [9.17, 15) is 0 Å². The number of hydrazine groups is 1. The third kappa shape index (κ3) is 2.52. The minimum absolute atomic E-state index is 0.488. The van der Waals surface area contributed by atoms with Crippen LogP contribution in [0.1, 0.15) is 56.2 Å². The van der Waals surface area contributed by atoms with Crippen molar-refractivity contribution in [2.45, 2.75) is 51.9 Å². The van der Waals surface area contributed by atoms with Crippen molar-refractivity contribution >= 4 is 27.4 Å². The molecular weight excluding hydrogens is 268 g/mol. The van der Waals surface area contributed by atoms with Gasteiger partial charge in [0.2, 0.25) is 0 Å². The Labute approximate surface area is 123 Å². The highest BCUT2D eigenvalue weighted by atomic mass is 32.1. The van der Waals surface area contributed by atoms with E-state index in [0.717, 1.165) is 34.2 Å². The summed E-state index contributed by atoms with van der Waals surface area (Å²) in [7, 11) is 0. The predicted molar refractivity (Wildman–Crippen MR) is 85.0 cm³/mol. The van der Waals surface area contributed by atoms with Gasteiger partial charge in [-0.2, -0.15) is 0 Å². The third-order valence-electron chi connectivity index (χ3n) is 4.25. The average Bonchev–Trinajstić information content (AvgIpc) is 2.89. The molecule has 0 bridgehead atoms. The first-order valence-corrected chi connectivity index (χ1v) is 8.29. The molecule has 108 valence electrons. The predicted octanol–water partition coefficient (Wildman–Crippen LogP) is 3.83. The van der Waals surface area contributed by atoms with E-state index in [1.54, 1.807) is 11.3 Å². The molecule has 4 nitrogen and oxygen atoms in total. The van der Waals surface area contributed by atoms with Gasteiger partial charge in [-0.05, 0) is 31.2 Å². The average molecular weight is 290 g/mol. The molecule has 5 heteroatoms. The van der Waals surface area contributed by atoms with E-state index in [4.69, 9.17) is 10.8 Å². The zero-order valence-electron chi connectivity index (χ0n) is 12.1. The lowest BCUT2D eigenvalue weighted by molar-refractivity contribution is 0.336. The Morgan fingerprint density at radius 2 is 2.25 bits per heavy atom. The Balaban J connectivity index is 2.02. The molecule has 1 aliphatic rings. The van der Waals surface area contributed by atoms with E-state index in [0.29, 0.717) is 5.92 Å². The normalized spacial score (nSPS) is 23.1. The van der Waals surface area contributed by atoms with Crippen molar-refractivity contribution < 1.29 is 0 Å². The third-order valence-corrected chi connectivity index (χ3v) is 5.42. The first-order chi connectivity index (χ1) is 9.71. The molecule has 1 fully saturated rings. The maximum absolute atomic E-state index is 5.66. The zero-order chi connectivity index (χ0) is 14.1. The van der Waals surface area contributed by atoms with E-state index >= 15 is 0 Å². The minimum Gasteiger partial charge on any atom is -0.308 e. The highest BCUT2D eigenvalue weighted by Crippen LogP contribution is 2.37. The van der Waals surface area contributed by atoms with Crippen LogP contribution in [-0.2, 0) is 6.42 Å². The van der Waals surface area contributed by atoms with Gasteiger partial charge < -0.3 is 5.43 Å². The Hall–Kier alpha value is -1.20. The summed E-state index contributed by atoms with van der Waals surface area (Å²) in [6.45, 7) is 4.49. The number of aryl methyl sites for hydroxylation is 1. The molecule has 0 aromatic carbocycles. The maximum Gasteiger partial charge on any atom is 0.152 e. The summed E-state index contributed by atoms with van der Waals surface area (Å²) in [5.74, 6) is 8.67. The Morgan fingerprint density at radius 1 is 1.40 bits per heavy atom. The molecule has 1 aliphatic carbocycles. The number of aromatic nitrogens is 2. The molecule has 3 N–H and O–H groups in total. The van der Waals surface area contributed by atoms with Crippen molar-refractivity contribution in [3.8, 4) is 0 Å². The summed E-state index contributed by atoms with van der Waals surface area (Å²) in [5.41, 5.74) is 2.75. The Morgan fingerprint density at radius 3 is 2.95 bits per heavy atom. The van der Waals surface area contributed by atoms with E-state index in [1.807, 2.05) is 0 Å². The number of nitrogens with two attached hydrogens (primary N) is 1. The summed E-state index contributed by atoms with van der Waals surface area (Å²) in [4.78, 5) is 11.9. The molecule has 20 heavy (non-hydrogen) atoms. The number of thiophene rings is 1. The Bertz CT molecular complexity index is 607. The topological polar surface area (TPSA) is 63.8 Å². The van der Waals surface area contributed by atoms with Crippen LogP contribution in [0.2, 0.25) is 0 Å². The molecule has 0 aliphatic heterocycles. The summed E-state index contributed by atoms with van der Waals surface area (Å²) >= 11 is 1.76. The highest BCUT2D eigenvalue weighted by Gasteiger charge is 2.24. The van der Waals surface area contributed by atoms with E-state index in [2.05, 4.69) is 30.3 Å². The number of nitrogens with one attached hydrogen (secondary N) is 1. The van der Waals surface area contributed by atoms with Crippen LogP contribution in [-0.4, -0.2) is 9.97 Å². The number of fused-ring (bicyclic) bond motifs is 1. The van der Waals surface area contributed by atoms with Crippen LogP contribution in [0.3, 0.4) is 0 Å². The summed E-state index contributed by atoms with van der Waals surface area (Å²) in [6, 6.07) is 2.16.